The van der Waals surface area contributed by atoms with Gasteiger partial charge in [-0.3, -0.25) is 14.6 Å². The molecule has 0 saturated heterocycles. The number of nitrogens with zero attached hydrogens (tertiary/aromatic N) is 5. The third kappa shape index (κ3) is 8.54. The quantitative estimate of drug-likeness (QED) is 0.224. The summed E-state index contributed by atoms with van der Waals surface area (Å²) >= 11 is 5.96. The first-order valence-corrected chi connectivity index (χ1v) is 13.5. The topological polar surface area (TPSA) is 88.5 Å². The number of halogens is 1. The molecule has 2 aromatic heterocycles. The van der Waals surface area contributed by atoms with Crippen LogP contribution in [0.4, 0.5) is 0 Å². The van der Waals surface area contributed by atoms with Crippen molar-refractivity contribution in [2.75, 3.05) is 27.3 Å². The van der Waals surface area contributed by atoms with E-state index in [2.05, 4.69) is 15.0 Å². The van der Waals surface area contributed by atoms with Crippen molar-refractivity contribution in [1.82, 2.24) is 24.8 Å². The first-order chi connectivity index (χ1) is 19.9. The molecule has 4 rings (SSSR count). The predicted molar refractivity (Wildman–Crippen MR) is 160 cm³/mol. The van der Waals surface area contributed by atoms with E-state index < -0.39 is 6.04 Å². The molecule has 0 aliphatic rings. The second-order valence-corrected chi connectivity index (χ2v) is 9.92. The average Bonchev–Trinajstić information content (AvgIpc) is 3.02. The highest BCUT2D eigenvalue weighted by atomic mass is 35.5. The minimum Gasteiger partial charge on any atom is -0.383 e. The van der Waals surface area contributed by atoms with Crippen LogP contribution in [0.2, 0.25) is 5.02 Å². The van der Waals surface area contributed by atoms with Gasteiger partial charge in [-0.1, -0.05) is 66.2 Å². The first-order valence-electron chi connectivity index (χ1n) is 13.2. The van der Waals surface area contributed by atoms with E-state index in [0.717, 1.165) is 22.3 Å². The van der Waals surface area contributed by atoms with Crippen LogP contribution in [0.15, 0.2) is 97.7 Å². The molecule has 2 amide bonds. The summed E-state index contributed by atoms with van der Waals surface area (Å²) in [7, 11) is 3.32. The molecule has 0 unspecified atom stereocenters. The number of benzene rings is 2. The molecule has 2 aromatic carbocycles. The van der Waals surface area contributed by atoms with E-state index in [1.807, 2.05) is 54.6 Å². The zero-order valence-electron chi connectivity index (χ0n) is 23.1. The maximum Gasteiger partial charge on any atom is 0.247 e. The van der Waals surface area contributed by atoms with Crippen LogP contribution < -0.4 is 0 Å². The van der Waals surface area contributed by atoms with Crippen molar-refractivity contribution in [1.29, 1.82) is 0 Å². The second-order valence-electron chi connectivity index (χ2n) is 9.48. The molecule has 0 aliphatic carbocycles. The maximum atomic E-state index is 13.9. The van der Waals surface area contributed by atoms with Crippen molar-refractivity contribution in [2.24, 2.45) is 0 Å². The summed E-state index contributed by atoms with van der Waals surface area (Å²) in [5, 5.41) is 0.508. The zero-order chi connectivity index (χ0) is 29.0. The SMILES string of the molecule is COCCN(C)C(=O)[C@H](Cc1ccccc1)N(Cc1ccc(-c2cncnc2)cc1)C(=O)C=Cc1ccc(Cl)cn1. The summed E-state index contributed by atoms with van der Waals surface area (Å²) in [6.07, 6.45) is 9.94. The van der Waals surface area contributed by atoms with Gasteiger partial charge in [-0.05, 0) is 34.9 Å². The molecule has 0 fully saturated rings. The molecule has 210 valence electrons. The lowest BCUT2D eigenvalue weighted by Crippen LogP contribution is -2.51. The largest absolute Gasteiger partial charge is 0.383 e. The Hall–Kier alpha value is -4.40. The van der Waals surface area contributed by atoms with Crippen molar-refractivity contribution in [3.8, 4) is 11.1 Å². The molecule has 0 aliphatic heterocycles. The number of pyridine rings is 1. The van der Waals surface area contributed by atoms with Crippen molar-refractivity contribution in [3.05, 3.63) is 120 Å². The Labute approximate surface area is 245 Å². The van der Waals surface area contributed by atoms with Gasteiger partial charge >= 0.3 is 0 Å². The lowest BCUT2D eigenvalue weighted by molar-refractivity contribution is -0.143. The summed E-state index contributed by atoms with van der Waals surface area (Å²) in [6.45, 7) is 1.02. The molecule has 4 aromatic rings. The Morgan fingerprint density at radius 2 is 1.66 bits per heavy atom. The van der Waals surface area contributed by atoms with E-state index in [9.17, 15) is 9.59 Å². The van der Waals surface area contributed by atoms with Crippen LogP contribution in [0.25, 0.3) is 17.2 Å². The highest BCUT2D eigenvalue weighted by Crippen LogP contribution is 2.21. The Balaban J connectivity index is 1.68. The van der Waals surface area contributed by atoms with Gasteiger partial charge in [-0.2, -0.15) is 0 Å². The van der Waals surface area contributed by atoms with Crippen LogP contribution in [0.1, 0.15) is 16.8 Å². The normalized spacial score (nSPS) is 11.8. The molecule has 2 heterocycles. The summed E-state index contributed by atoms with van der Waals surface area (Å²) < 4.78 is 5.20. The van der Waals surface area contributed by atoms with Crippen molar-refractivity contribution < 1.29 is 14.3 Å². The Bertz CT molecular complexity index is 1430. The molecular formula is C32H32ClN5O3. The highest BCUT2D eigenvalue weighted by Gasteiger charge is 2.31. The van der Waals surface area contributed by atoms with Gasteiger partial charge < -0.3 is 14.5 Å². The molecule has 0 radical (unpaired) electrons. The summed E-state index contributed by atoms with van der Waals surface area (Å²) in [6, 6.07) is 20.2. The van der Waals surface area contributed by atoms with Gasteiger partial charge in [0.1, 0.15) is 12.4 Å². The fourth-order valence-corrected chi connectivity index (χ4v) is 4.40. The fraction of sp³-hybridized carbons (Fsp3) is 0.219. The predicted octanol–water partition coefficient (Wildman–Crippen LogP) is 4.95. The first kappa shape index (κ1) is 29.6. The van der Waals surface area contributed by atoms with Crippen LogP contribution in [-0.4, -0.2) is 69.9 Å². The lowest BCUT2D eigenvalue weighted by Gasteiger charge is -2.33. The van der Waals surface area contributed by atoms with Crippen LogP contribution in [0.3, 0.4) is 0 Å². The van der Waals surface area contributed by atoms with Crippen molar-refractivity contribution in [2.45, 2.75) is 19.0 Å². The molecule has 0 saturated carbocycles. The number of hydrogen-bond donors (Lipinski definition) is 0. The van der Waals surface area contributed by atoms with Crippen molar-refractivity contribution >= 4 is 29.5 Å². The average molecular weight is 570 g/mol. The number of aromatic nitrogens is 3. The summed E-state index contributed by atoms with van der Waals surface area (Å²) in [5.74, 6) is -0.480. The minimum absolute atomic E-state index is 0.171. The van der Waals surface area contributed by atoms with Gasteiger partial charge in [0.15, 0.2) is 0 Å². The molecule has 0 spiro atoms. The highest BCUT2D eigenvalue weighted by molar-refractivity contribution is 6.30. The van der Waals surface area contributed by atoms with Crippen molar-refractivity contribution in [3.63, 3.8) is 0 Å². The molecule has 0 bridgehead atoms. The smallest absolute Gasteiger partial charge is 0.247 e. The fourth-order valence-electron chi connectivity index (χ4n) is 4.29. The standard InChI is InChI=1S/C32H32ClN5O3/c1-37(16-17-41-2)32(40)30(18-24-6-4-3-5-7-24)38(31(39)15-14-29-13-12-28(33)21-36-29)22-25-8-10-26(11-9-25)27-19-34-23-35-20-27/h3-15,19-21,23,30H,16-18,22H2,1-2H3/t30-/m0/s1. The molecule has 0 N–H and O–H groups in total. The Kier molecular flexibility index (Phi) is 10.7. The van der Waals surface area contributed by atoms with E-state index in [0.29, 0.717) is 30.3 Å². The Morgan fingerprint density at radius 3 is 2.32 bits per heavy atom. The number of methoxy groups -OCH3 is 1. The zero-order valence-corrected chi connectivity index (χ0v) is 23.8. The van der Waals surface area contributed by atoms with E-state index in [4.69, 9.17) is 16.3 Å². The van der Waals surface area contributed by atoms with E-state index >= 15 is 0 Å². The third-order valence-corrected chi connectivity index (χ3v) is 6.79. The van der Waals surface area contributed by atoms with Gasteiger partial charge in [-0.15, -0.1) is 0 Å². The number of hydrogen-bond acceptors (Lipinski definition) is 6. The van der Waals surface area contributed by atoms with E-state index in [1.165, 1.54) is 18.6 Å². The second kappa shape index (κ2) is 14.8. The van der Waals surface area contributed by atoms with E-state index in [1.54, 1.807) is 54.6 Å². The molecule has 9 heteroatoms. The number of rotatable bonds is 12. The number of carbonyl (C=O) groups is 2. The van der Waals surface area contributed by atoms with Crippen LogP contribution in [0, 0.1) is 0 Å². The van der Waals surface area contributed by atoms with Gasteiger partial charge in [0.25, 0.3) is 0 Å². The third-order valence-electron chi connectivity index (χ3n) is 6.57. The van der Waals surface area contributed by atoms with Gasteiger partial charge in [0.05, 0.1) is 17.3 Å². The molecular weight excluding hydrogens is 538 g/mol. The van der Waals surface area contributed by atoms with Gasteiger partial charge in [-0.25, -0.2) is 9.97 Å². The lowest BCUT2D eigenvalue weighted by atomic mass is 10.0. The Morgan fingerprint density at radius 1 is 0.927 bits per heavy atom. The minimum atomic E-state index is -0.753. The number of ether oxygens (including phenoxy) is 1. The van der Waals surface area contributed by atoms with E-state index in [-0.39, 0.29) is 18.4 Å². The maximum absolute atomic E-state index is 13.9. The summed E-state index contributed by atoms with van der Waals surface area (Å²) in [4.78, 5) is 43.3. The summed E-state index contributed by atoms with van der Waals surface area (Å²) in [5.41, 5.74) is 4.26. The molecule has 8 nitrogen and oxygen atoms in total. The van der Waals surface area contributed by atoms with Gasteiger partial charge in [0.2, 0.25) is 11.8 Å². The monoisotopic (exact) mass is 569 g/mol. The van der Waals surface area contributed by atoms with Crippen LogP contribution in [-0.2, 0) is 27.3 Å². The molecule has 1 atom stereocenters. The molecule has 41 heavy (non-hydrogen) atoms. The number of amides is 2. The number of likely N-dealkylation sites (N-methyl/N-ethyl adjacent to an activating group) is 1. The number of carbonyl (C=O) groups excluding carboxylic acids is 2. The van der Waals surface area contributed by atoms with Crippen LogP contribution >= 0.6 is 11.6 Å². The van der Waals surface area contributed by atoms with Gasteiger partial charge in [0, 0.05) is 63.9 Å². The van der Waals surface area contributed by atoms with Crippen LogP contribution in [0.5, 0.6) is 0 Å².